The lowest BCUT2D eigenvalue weighted by atomic mass is 10.1. The van der Waals surface area contributed by atoms with Crippen LogP contribution in [0.3, 0.4) is 0 Å². The molecule has 15 heavy (non-hydrogen) atoms. The number of hydrogen-bond acceptors (Lipinski definition) is 2. The first kappa shape index (κ1) is 12.5. The van der Waals surface area contributed by atoms with Crippen molar-refractivity contribution in [1.82, 2.24) is 4.90 Å². The van der Waals surface area contributed by atoms with Gasteiger partial charge in [0.05, 0.1) is 0 Å². The van der Waals surface area contributed by atoms with Gasteiger partial charge in [0.2, 0.25) is 5.91 Å². The molecule has 0 saturated heterocycles. The molecule has 0 aromatic heterocycles. The van der Waals surface area contributed by atoms with Crippen LogP contribution in [-0.2, 0) is 4.79 Å². The second-order valence-corrected chi connectivity index (χ2v) is 5.08. The zero-order chi connectivity index (χ0) is 11.4. The fraction of sp³-hybridized carbons (Fsp3) is 0.917. The van der Waals surface area contributed by atoms with Crippen molar-refractivity contribution in [2.75, 3.05) is 13.6 Å². The monoisotopic (exact) mass is 212 g/mol. The first-order valence-corrected chi connectivity index (χ1v) is 6.02. The van der Waals surface area contributed by atoms with Gasteiger partial charge in [-0.2, -0.15) is 0 Å². The van der Waals surface area contributed by atoms with E-state index in [1.54, 1.807) is 0 Å². The number of hydrogen-bond donors (Lipinski definition) is 1. The molecule has 1 rings (SSSR count). The molecular formula is C12H24N2O. The Balaban J connectivity index is 2.36. The van der Waals surface area contributed by atoms with Gasteiger partial charge in [-0.1, -0.05) is 13.8 Å². The van der Waals surface area contributed by atoms with E-state index in [1.807, 2.05) is 11.9 Å². The van der Waals surface area contributed by atoms with Crippen LogP contribution in [-0.4, -0.2) is 30.4 Å². The summed E-state index contributed by atoms with van der Waals surface area (Å²) in [5.74, 6) is 1.52. The number of amides is 1. The molecule has 1 fully saturated rings. The number of carbonyl (C=O) groups is 1. The van der Waals surface area contributed by atoms with Crippen molar-refractivity contribution in [2.45, 2.75) is 45.6 Å². The third-order valence-corrected chi connectivity index (χ3v) is 3.23. The first-order valence-electron chi connectivity index (χ1n) is 6.02. The van der Waals surface area contributed by atoms with Crippen LogP contribution in [0.2, 0.25) is 0 Å². The number of carbonyl (C=O) groups excluding carboxylic acids is 1. The fourth-order valence-electron chi connectivity index (χ4n) is 1.92. The molecule has 88 valence electrons. The number of nitrogens with two attached hydrogens (primary N) is 1. The first-order chi connectivity index (χ1) is 7.06. The normalized spacial score (nSPS) is 17.9. The summed E-state index contributed by atoms with van der Waals surface area (Å²) in [5, 5.41) is 0. The third-order valence-electron chi connectivity index (χ3n) is 3.23. The van der Waals surface area contributed by atoms with Gasteiger partial charge in [0.15, 0.2) is 0 Å². The van der Waals surface area contributed by atoms with Crippen molar-refractivity contribution < 1.29 is 4.79 Å². The summed E-state index contributed by atoms with van der Waals surface area (Å²) in [5.41, 5.74) is 5.71. The van der Waals surface area contributed by atoms with E-state index < -0.39 is 0 Å². The maximum atomic E-state index is 11.9. The number of nitrogens with zero attached hydrogens (tertiary/aromatic N) is 1. The van der Waals surface area contributed by atoms with E-state index in [9.17, 15) is 4.79 Å². The fourth-order valence-corrected chi connectivity index (χ4v) is 1.92. The van der Waals surface area contributed by atoms with Crippen LogP contribution in [0.5, 0.6) is 0 Å². The van der Waals surface area contributed by atoms with Gasteiger partial charge < -0.3 is 10.6 Å². The van der Waals surface area contributed by atoms with E-state index >= 15 is 0 Å². The van der Waals surface area contributed by atoms with Crippen molar-refractivity contribution >= 4 is 5.91 Å². The van der Waals surface area contributed by atoms with Gasteiger partial charge in [-0.3, -0.25) is 4.79 Å². The highest BCUT2D eigenvalue weighted by molar-refractivity contribution is 5.76. The van der Waals surface area contributed by atoms with Gasteiger partial charge >= 0.3 is 0 Å². The number of rotatable bonds is 6. The predicted octanol–water partition coefficient (Wildman–Crippen LogP) is 1.62. The lowest BCUT2D eigenvalue weighted by Gasteiger charge is -2.27. The second-order valence-electron chi connectivity index (χ2n) is 5.08. The van der Waals surface area contributed by atoms with E-state index in [0.717, 1.165) is 6.42 Å². The topological polar surface area (TPSA) is 46.3 Å². The minimum atomic E-state index is 0.256. The van der Waals surface area contributed by atoms with Gasteiger partial charge in [0.25, 0.3) is 0 Å². The molecule has 0 aliphatic heterocycles. The minimum Gasteiger partial charge on any atom is -0.341 e. The largest absolute Gasteiger partial charge is 0.341 e. The molecule has 0 spiro atoms. The Morgan fingerprint density at radius 2 is 2.07 bits per heavy atom. The van der Waals surface area contributed by atoms with Crippen LogP contribution in [0, 0.1) is 11.8 Å². The third kappa shape index (κ3) is 3.82. The molecule has 1 aliphatic rings. The zero-order valence-corrected chi connectivity index (χ0v) is 10.2. The van der Waals surface area contributed by atoms with Gasteiger partial charge in [0, 0.05) is 26.1 Å². The summed E-state index contributed by atoms with van der Waals surface area (Å²) >= 11 is 0. The van der Waals surface area contributed by atoms with E-state index in [0.29, 0.717) is 24.8 Å². The summed E-state index contributed by atoms with van der Waals surface area (Å²) in [6.45, 7) is 4.90. The van der Waals surface area contributed by atoms with E-state index in [2.05, 4.69) is 13.8 Å². The molecule has 0 aromatic rings. The number of likely N-dealkylation sites (N-methyl/N-ethyl adjacent to an activating group) is 1. The molecule has 1 atom stereocenters. The molecule has 1 aliphatic carbocycles. The SMILES string of the molecule is CC(C)CCC(=O)N(C)C(CN)C1CC1. The van der Waals surface area contributed by atoms with Gasteiger partial charge in [-0.05, 0) is 31.1 Å². The van der Waals surface area contributed by atoms with Gasteiger partial charge in [0.1, 0.15) is 0 Å². The Hall–Kier alpha value is -0.570. The van der Waals surface area contributed by atoms with Crippen molar-refractivity contribution in [3.05, 3.63) is 0 Å². The molecule has 0 aromatic carbocycles. The molecule has 1 amide bonds. The lowest BCUT2D eigenvalue weighted by Crippen LogP contribution is -2.43. The van der Waals surface area contributed by atoms with Crippen LogP contribution in [0.15, 0.2) is 0 Å². The standard InChI is InChI=1S/C12H24N2O/c1-9(2)4-7-12(15)14(3)11(8-13)10-5-6-10/h9-11H,4-8,13H2,1-3H3. The Bertz CT molecular complexity index is 212. The molecule has 3 heteroatoms. The maximum absolute atomic E-state index is 11.9. The second kappa shape index (κ2) is 5.50. The average molecular weight is 212 g/mol. The van der Waals surface area contributed by atoms with Crippen LogP contribution in [0.1, 0.15) is 39.5 Å². The Morgan fingerprint density at radius 1 is 1.47 bits per heavy atom. The highest BCUT2D eigenvalue weighted by Gasteiger charge is 2.34. The Labute approximate surface area is 93.0 Å². The van der Waals surface area contributed by atoms with Crippen molar-refractivity contribution in [2.24, 2.45) is 17.6 Å². The van der Waals surface area contributed by atoms with Crippen molar-refractivity contribution in [3.8, 4) is 0 Å². The highest BCUT2D eigenvalue weighted by atomic mass is 16.2. The molecule has 3 nitrogen and oxygen atoms in total. The van der Waals surface area contributed by atoms with E-state index in [1.165, 1.54) is 12.8 Å². The van der Waals surface area contributed by atoms with Crippen molar-refractivity contribution in [3.63, 3.8) is 0 Å². The molecule has 0 heterocycles. The van der Waals surface area contributed by atoms with E-state index in [4.69, 9.17) is 5.73 Å². The summed E-state index contributed by atoms with van der Waals surface area (Å²) in [6, 6.07) is 0.282. The van der Waals surface area contributed by atoms with Crippen LogP contribution < -0.4 is 5.73 Å². The van der Waals surface area contributed by atoms with Gasteiger partial charge in [-0.25, -0.2) is 0 Å². The average Bonchev–Trinajstić information content (AvgIpc) is 2.99. The molecule has 2 N–H and O–H groups in total. The van der Waals surface area contributed by atoms with Gasteiger partial charge in [-0.15, -0.1) is 0 Å². The lowest BCUT2D eigenvalue weighted by molar-refractivity contribution is -0.132. The Morgan fingerprint density at radius 3 is 2.47 bits per heavy atom. The smallest absolute Gasteiger partial charge is 0.222 e. The quantitative estimate of drug-likeness (QED) is 0.727. The van der Waals surface area contributed by atoms with E-state index in [-0.39, 0.29) is 11.9 Å². The minimum absolute atomic E-state index is 0.256. The molecular weight excluding hydrogens is 188 g/mol. The molecule has 1 unspecified atom stereocenters. The molecule has 1 saturated carbocycles. The summed E-state index contributed by atoms with van der Waals surface area (Å²) in [4.78, 5) is 13.7. The zero-order valence-electron chi connectivity index (χ0n) is 10.2. The molecule has 0 bridgehead atoms. The van der Waals surface area contributed by atoms with Crippen LogP contribution >= 0.6 is 0 Å². The summed E-state index contributed by atoms with van der Waals surface area (Å²) in [6.07, 6.45) is 4.12. The van der Waals surface area contributed by atoms with Crippen LogP contribution in [0.4, 0.5) is 0 Å². The molecule has 0 radical (unpaired) electrons. The maximum Gasteiger partial charge on any atom is 0.222 e. The summed E-state index contributed by atoms with van der Waals surface area (Å²) < 4.78 is 0. The van der Waals surface area contributed by atoms with Crippen LogP contribution in [0.25, 0.3) is 0 Å². The Kier molecular flexibility index (Phi) is 4.58. The highest BCUT2D eigenvalue weighted by Crippen LogP contribution is 2.34. The predicted molar refractivity (Wildman–Crippen MR) is 62.4 cm³/mol. The van der Waals surface area contributed by atoms with Crippen molar-refractivity contribution in [1.29, 1.82) is 0 Å². The summed E-state index contributed by atoms with van der Waals surface area (Å²) in [7, 11) is 1.90.